The molecule has 1 aromatic heterocycles. The third kappa shape index (κ3) is 3.00. The highest BCUT2D eigenvalue weighted by Gasteiger charge is 2.25. The third-order valence-electron chi connectivity index (χ3n) is 3.12. The molecule has 1 unspecified atom stereocenters. The summed E-state index contributed by atoms with van der Waals surface area (Å²) in [7, 11) is 0. The second-order valence-corrected chi connectivity index (χ2v) is 4.47. The Kier molecular flexibility index (Phi) is 3.68. The van der Waals surface area contributed by atoms with Crippen molar-refractivity contribution in [2.75, 3.05) is 19.6 Å². The monoisotopic (exact) mass is 236 g/mol. The van der Waals surface area contributed by atoms with Gasteiger partial charge < -0.3 is 15.9 Å². The van der Waals surface area contributed by atoms with Gasteiger partial charge in [-0.2, -0.15) is 0 Å². The number of likely N-dealkylation sites (tertiary alicyclic amines) is 1. The van der Waals surface area contributed by atoms with Crippen molar-refractivity contribution >= 4 is 5.96 Å². The minimum Gasteiger partial charge on any atom is -0.465 e. The first-order chi connectivity index (χ1) is 8.16. The zero-order valence-corrected chi connectivity index (χ0v) is 10.2. The number of guanidine groups is 1. The lowest BCUT2D eigenvalue weighted by Gasteiger charge is -2.24. The Morgan fingerprint density at radius 1 is 1.41 bits per heavy atom. The van der Waals surface area contributed by atoms with E-state index in [-0.39, 0.29) is 12.0 Å². The van der Waals surface area contributed by atoms with Crippen LogP contribution in [0.2, 0.25) is 0 Å². The highest BCUT2D eigenvalue weighted by atomic mass is 16.3. The smallest absolute Gasteiger partial charge is 0.185 e. The van der Waals surface area contributed by atoms with Gasteiger partial charge in [0.05, 0.1) is 12.6 Å². The quantitative estimate of drug-likeness (QED) is 0.603. The number of nitrogens with zero attached hydrogens (tertiary/aromatic N) is 2. The average Bonchev–Trinajstić information content (AvgIpc) is 2.90. The molecule has 1 saturated heterocycles. The van der Waals surface area contributed by atoms with E-state index in [2.05, 4.69) is 9.89 Å². The van der Waals surface area contributed by atoms with Gasteiger partial charge in [-0.05, 0) is 45.0 Å². The molecule has 1 aliphatic heterocycles. The molecule has 5 heteroatoms. The molecular formula is C12H20N4O. The maximum atomic E-state index is 5.70. The summed E-state index contributed by atoms with van der Waals surface area (Å²) in [5.74, 6) is 2.01. The largest absolute Gasteiger partial charge is 0.465 e. The second-order valence-electron chi connectivity index (χ2n) is 4.47. The molecule has 0 saturated carbocycles. The van der Waals surface area contributed by atoms with E-state index in [9.17, 15) is 0 Å². The van der Waals surface area contributed by atoms with Crippen LogP contribution in [0.1, 0.15) is 30.4 Å². The standard InChI is InChI=1S/C12H20N4O/c1-9-4-5-11(17-9)10(8-15-12(13)14)16-6-2-3-7-16/h4-5,10H,2-3,6-8H2,1H3,(H4,13,14,15). The molecule has 0 bridgehead atoms. The van der Waals surface area contributed by atoms with Crippen LogP contribution in [0.15, 0.2) is 21.5 Å². The fourth-order valence-corrected chi connectivity index (χ4v) is 2.26. The van der Waals surface area contributed by atoms with Gasteiger partial charge in [-0.25, -0.2) is 0 Å². The predicted molar refractivity (Wildman–Crippen MR) is 67.7 cm³/mol. The van der Waals surface area contributed by atoms with Crippen LogP contribution in [0.25, 0.3) is 0 Å². The number of nitrogens with two attached hydrogens (primary N) is 2. The van der Waals surface area contributed by atoms with Crippen LogP contribution in [0.5, 0.6) is 0 Å². The molecule has 1 fully saturated rings. The molecule has 4 N–H and O–H groups in total. The molecule has 1 aromatic rings. The average molecular weight is 236 g/mol. The molecule has 0 radical (unpaired) electrons. The van der Waals surface area contributed by atoms with E-state index in [0.29, 0.717) is 6.54 Å². The first kappa shape index (κ1) is 12.0. The summed E-state index contributed by atoms with van der Waals surface area (Å²) in [6.45, 7) is 4.69. The summed E-state index contributed by atoms with van der Waals surface area (Å²) in [5, 5.41) is 0. The third-order valence-corrected chi connectivity index (χ3v) is 3.12. The molecule has 17 heavy (non-hydrogen) atoms. The van der Waals surface area contributed by atoms with Gasteiger partial charge in [0.15, 0.2) is 5.96 Å². The van der Waals surface area contributed by atoms with Crippen LogP contribution < -0.4 is 11.5 Å². The van der Waals surface area contributed by atoms with Crippen molar-refractivity contribution in [2.45, 2.75) is 25.8 Å². The minimum atomic E-state index is 0.137. The zero-order chi connectivity index (χ0) is 12.3. The van der Waals surface area contributed by atoms with Crippen molar-refractivity contribution < 1.29 is 4.42 Å². The first-order valence-electron chi connectivity index (χ1n) is 6.02. The van der Waals surface area contributed by atoms with Crippen LogP contribution in [-0.4, -0.2) is 30.5 Å². The Hall–Kier alpha value is -1.49. The van der Waals surface area contributed by atoms with Crippen LogP contribution in [0.3, 0.4) is 0 Å². The lowest BCUT2D eigenvalue weighted by atomic mass is 10.2. The molecule has 5 nitrogen and oxygen atoms in total. The maximum Gasteiger partial charge on any atom is 0.185 e. The molecule has 0 aliphatic carbocycles. The fraction of sp³-hybridized carbons (Fsp3) is 0.583. The Balaban J connectivity index is 2.14. The Labute approximate surface area is 101 Å². The summed E-state index contributed by atoms with van der Waals surface area (Å²) < 4.78 is 5.70. The topological polar surface area (TPSA) is 80.8 Å². The molecular weight excluding hydrogens is 216 g/mol. The van der Waals surface area contributed by atoms with E-state index in [0.717, 1.165) is 24.6 Å². The van der Waals surface area contributed by atoms with Crippen molar-refractivity contribution in [1.82, 2.24) is 4.90 Å². The van der Waals surface area contributed by atoms with Crippen molar-refractivity contribution in [3.05, 3.63) is 23.7 Å². The van der Waals surface area contributed by atoms with Crippen LogP contribution in [0.4, 0.5) is 0 Å². The minimum absolute atomic E-state index is 0.137. The van der Waals surface area contributed by atoms with Crippen LogP contribution in [0, 0.1) is 6.92 Å². The zero-order valence-electron chi connectivity index (χ0n) is 10.2. The van der Waals surface area contributed by atoms with Crippen LogP contribution in [-0.2, 0) is 0 Å². The highest BCUT2D eigenvalue weighted by molar-refractivity contribution is 5.75. The SMILES string of the molecule is Cc1ccc(C(CN=C(N)N)N2CCCC2)o1. The van der Waals surface area contributed by atoms with Crippen molar-refractivity contribution in [3.63, 3.8) is 0 Å². The lowest BCUT2D eigenvalue weighted by Crippen LogP contribution is -2.30. The van der Waals surface area contributed by atoms with Gasteiger partial charge in [-0.15, -0.1) is 0 Å². The summed E-state index contributed by atoms with van der Waals surface area (Å²) in [6.07, 6.45) is 2.47. The molecule has 2 rings (SSSR count). The molecule has 0 spiro atoms. The van der Waals surface area contributed by atoms with Gasteiger partial charge >= 0.3 is 0 Å². The maximum absolute atomic E-state index is 5.70. The molecule has 1 atom stereocenters. The number of aryl methyl sites for hydroxylation is 1. The van der Waals surface area contributed by atoms with E-state index < -0.39 is 0 Å². The normalized spacial score (nSPS) is 18.2. The number of rotatable bonds is 4. The van der Waals surface area contributed by atoms with Gasteiger partial charge in [-0.1, -0.05) is 0 Å². The van der Waals surface area contributed by atoms with Crippen molar-refractivity contribution in [2.24, 2.45) is 16.5 Å². The van der Waals surface area contributed by atoms with Crippen molar-refractivity contribution in [1.29, 1.82) is 0 Å². The van der Waals surface area contributed by atoms with E-state index in [1.165, 1.54) is 12.8 Å². The van der Waals surface area contributed by atoms with E-state index in [1.807, 2.05) is 19.1 Å². The molecule has 2 heterocycles. The Morgan fingerprint density at radius 3 is 2.65 bits per heavy atom. The van der Waals surface area contributed by atoms with Gasteiger partial charge in [0.25, 0.3) is 0 Å². The van der Waals surface area contributed by atoms with Crippen LogP contribution >= 0.6 is 0 Å². The molecule has 94 valence electrons. The lowest BCUT2D eigenvalue weighted by molar-refractivity contribution is 0.219. The van der Waals surface area contributed by atoms with Gasteiger partial charge in [0, 0.05) is 0 Å². The Bertz CT molecular complexity index is 389. The van der Waals surface area contributed by atoms with Gasteiger partial charge in [0.2, 0.25) is 0 Å². The number of furan rings is 1. The van der Waals surface area contributed by atoms with E-state index >= 15 is 0 Å². The number of hydrogen-bond acceptors (Lipinski definition) is 3. The molecule has 0 aromatic carbocycles. The highest BCUT2D eigenvalue weighted by Crippen LogP contribution is 2.26. The van der Waals surface area contributed by atoms with Gasteiger partial charge in [-0.3, -0.25) is 9.89 Å². The summed E-state index contributed by atoms with van der Waals surface area (Å²) in [5.41, 5.74) is 10.8. The Morgan fingerprint density at radius 2 is 2.12 bits per heavy atom. The molecule has 1 aliphatic rings. The van der Waals surface area contributed by atoms with Gasteiger partial charge in [0.1, 0.15) is 11.5 Å². The number of aliphatic imine (C=N–C) groups is 1. The molecule has 0 amide bonds. The summed E-state index contributed by atoms with van der Waals surface area (Å²) in [6, 6.07) is 4.15. The first-order valence-corrected chi connectivity index (χ1v) is 6.02. The number of hydrogen-bond donors (Lipinski definition) is 2. The predicted octanol–water partition coefficient (Wildman–Crippen LogP) is 0.998. The van der Waals surface area contributed by atoms with Crippen molar-refractivity contribution in [3.8, 4) is 0 Å². The summed E-state index contributed by atoms with van der Waals surface area (Å²) in [4.78, 5) is 6.51. The van der Waals surface area contributed by atoms with E-state index in [4.69, 9.17) is 15.9 Å². The fourth-order valence-electron chi connectivity index (χ4n) is 2.26. The summed E-state index contributed by atoms with van der Waals surface area (Å²) >= 11 is 0. The second kappa shape index (κ2) is 5.23. The van der Waals surface area contributed by atoms with E-state index in [1.54, 1.807) is 0 Å².